The molecule has 0 heteroatoms. The fourth-order valence-electron chi connectivity index (χ4n) is 2.17. The van der Waals surface area contributed by atoms with Gasteiger partial charge in [-0.2, -0.15) is 0 Å². The van der Waals surface area contributed by atoms with Crippen LogP contribution in [0.4, 0.5) is 0 Å². The Morgan fingerprint density at radius 3 is 1.68 bits per heavy atom. The van der Waals surface area contributed by atoms with Crippen LogP contribution in [0.25, 0.3) is 0 Å². The maximum Gasteiger partial charge on any atom is -0.0348 e. The first-order valence-corrected chi connectivity index (χ1v) is 8.34. The van der Waals surface area contributed by atoms with Crippen molar-refractivity contribution >= 4 is 0 Å². The molecule has 0 heterocycles. The van der Waals surface area contributed by atoms with Crippen molar-refractivity contribution < 1.29 is 0 Å². The van der Waals surface area contributed by atoms with Crippen LogP contribution < -0.4 is 0 Å². The normalized spacial score (nSPS) is 11.6. The molecule has 0 aliphatic heterocycles. The van der Waals surface area contributed by atoms with E-state index >= 15 is 0 Å². The number of hydrogen-bond donors (Lipinski definition) is 0. The molecule has 0 unspecified atom stereocenters. The van der Waals surface area contributed by atoms with Crippen molar-refractivity contribution in [1.82, 2.24) is 0 Å². The first-order valence-electron chi connectivity index (χ1n) is 8.34. The second-order valence-electron chi connectivity index (χ2n) is 5.33. The molecule has 0 saturated carbocycles. The van der Waals surface area contributed by atoms with Crippen molar-refractivity contribution in [2.45, 2.75) is 84.0 Å². The third-order valence-electron chi connectivity index (χ3n) is 3.40. The summed E-state index contributed by atoms with van der Waals surface area (Å²) in [6.45, 7) is 5.94. The first kappa shape index (κ1) is 18.2. The van der Waals surface area contributed by atoms with Crippen molar-refractivity contribution in [1.29, 1.82) is 0 Å². The van der Waals surface area contributed by atoms with E-state index < -0.39 is 0 Å². The molecule has 0 saturated heterocycles. The van der Waals surface area contributed by atoms with Gasteiger partial charge in [0.05, 0.1) is 0 Å². The van der Waals surface area contributed by atoms with Crippen LogP contribution in [0.1, 0.15) is 84.0 Å². The Labute approximate surface area is 121 Å². The van der Waals surface area contributed by atoms with E-state index in [1.54, 1.807) is 0 Å². The standard InChI is InChI=1S/C19H34/c1-3-5-7-9-11-13-15-17-19-18-16-14-12-10-8-6-4-2/h3,5,7,17,19H,1,4,6,8-16,18H2,2H3. The molecular weight excluding hydrogens is 228 g/mol. The van der Waals surface area contributed by atoms with Crippen LogP contribution in [0.15, 0.2) is 37.0 Å². The van der Waals surface area contributed by atoms with Gasteiger partial charge in [-0.05, 0) is 38.5 Å². The lowest BCUT2D eigenvalue weighted by atomic mass is 10.1. The van der Waals surface area contributed by atoms with Crippen molar-refractivity contribution in [3.63, 3.8) is 0 Å². The predicted molar refractivity (Wildman–Crippen MR) is 89.6 cm³/mol. The van der Waals surface area contributed by atoms with Gasteiger partial charge < -0.3 is 0 Å². The second kappa shape index (κ2) is 17.2. The van der Waals surface area contributed by atoms with Gasteiger partial charge in [0.15, 0.2) is 0 Å². The molecule has 0 rings (SSSR count). The summed E-state index contributed by atoms with van der Waals surface area (Å²) in [5.41, 5.74) is 0. The third kappa shape index (κ3) is 17.2. The molecule has 0 aromatic rings. The molecule has 110 valence electrons. The molecule has 0 nitrogen and oxygen atoms in total. The largest absolute Gasteiger partial charge is 0.0991 e. The summed E-state index contributed by atoms with van der Waals surface area (Å²) in [4.78, 5) is 0. The molecule has 0 fully saturated rings. The van der Waals surface area contributed by atoms with Gasteiger partial charge in [-0.25, -0.2) is 0 Å². The van der Waals surface area contributed by atoms with Crippen LogP contribution in [-0.2, 0) is 0 Å². The Hall–Kier alpha value is -0.780. The van der Waals surface area contributed by atoms with Gasteiger partial charge in [0.2, 0.25) is 0 Å². The van der Waals surface area contributed by atoms with E-state index in [1.807, 2.05) is 12.2 Å². The van der Waals surface area contributed by atoms with Crippen molar-refractivity contribution in [3.8, 4) is 0 Å². The second-order valence-corrected chi connectivity index (χ2v) is 5.33. The summed E-state index contributed by atoms with van der Waals surface area (Å²) < 4.78 is 0. The maximum atomic E-state index is 3.67. The molecule has 0 aromatic carbocycles. The highest BCUT2D eigenvalue weighted by Crippen LogP contribution is 2.09. The lowest BCUT2D eigenvalue weighted by molar-refractivity contribution is 0.592. The average Bonchev–Trinajstić information content (AvgIpc) is 2.43. The van der Waals surface area contributed by atoms with Crippen LogP contribution in [0.5, 0.6) is 0 Å². The molecule has 0 spiro atoms. The van der Waals surface area contributed by atoms with Crippen molar-refractivity contribution in [2.24, 2.45) is 0 Å². The number of allylic oxidation sites excluding steroid dienone is 5. The molecular formula is C19H34. The van der Waals surface area contributed by atoms with E-state index in [2.05, 4.69) is 31.7 Å². The summed E-state index contributed by atoms with van der Waals surface area (Å²) >= 11 is 0. The smallest absolute Gasteiger partial charge is 0.0348 e. The van der Waals surface area contributed by atoms with Crippen LogP contribution in [0.2, 0.25) is 0 Å². The topological polar surface area (TPSA) is 0 Å². The van der Waals surface area contributed by atoms with Gasteiger partial charge in [0.1, 0.15) is 0 Å². The van der Waals surface area contributed by atoms with E-state index in [0.717, 1.165) is 0 Å². The molecule has 0 aliphatic rings. The third-order valence-corrected chi connectivity index (χ3v) is 3.40. The Balaban J connectivity index is 3.09. The first-order chi connectivity index (χ1) is 9.41. The van der Waals surface area contributed by atoms with E-state index in [-0.39, 0.29) is 0 Å². The van der Waals surface area contributed by atoms with Gasteiger partial charge in [0, 0.05) is 0 Å². The quantitative estimate of drug-likeness (QED) is 0.180. The summed E-state index contributed by atoms with van der Waals surface area (Å²) in [6.07, 6.45) is 27.1. The van der Waals surface area contributed by atoms with Crippen LogP contribution in [0, 0.1) is 0 Å². The van der Waals surface area contributed by atoms with Gasteiger partial charge in [0.25, 0.3) is 0 Å². The minimum Gasteiger partial charge on any atom is -0.0991 e. The molecule has 0 amide bonds. The predicted octanol–water partition coefficient (Wildman–Crippen LogP) is 6.99. The van der Waals surface area contributed by atoms with Gasteiger partial charge in [-0.1, -0.05) is 82.4 Å². The molecule has 0 N–H and O–H groups in total. The van der Waals surface area contributed by atoms with E-state index in [9.17, 15) is 0 Å². The number of hydrogen-bond acceptors (Lipinski definition) is 0. The van der Waals surface area contributed by atoms with Crippen molar-refractivity contribution in [3.05, 3.63) is 37.0 Å². The van der Waals surface area contributed by atoms with E-state index in [0.29, 0.717) is 0 Å². The molecule has 0 aromatic heterocycles. The zero-order valence-electron chi connectivity index (χ0n) is 13.1. The summed E-state index contributed by atoms with van der Waals surface area (Å²) in [5.74, 6) is 0. The zero-order chi connectivity index (χ0) is 14.0. The zero-order valence-corrected chi connectivity index (χ0v) is 13.1. The monoisotopic (exact) mass is 262 g/mol. The molecule has 0 radical (unpaired) electrons. The van der Waals surface area contributed by atoms with E-state index in [1.165, 1.54) is 77.0 Å². The fraction of sp³-hybridized carbons (Fsp3) is 0.684. The Bertz CT molecular complexity index is 222. The maximum absolute atomic E-state index is 3.67. The van der Waals surface area contributed by atoms with Crippen LogP contribution in [-0.4, -0.2) is 0 Å². The minimum absolute atomic E-state index is 1.19. The van der Waals surface area contributed by atoms with Crippen LogP contribution in [0.3, 0.4) is 0 Å². The van der Waals surface area contributed by atoms with E-state index in [4.69, 9.17) is 0 Å². The molecule has 19 heavy (non-hydrogen) atoms. The highest BCUT2D eigenvalue weighted by atomic mass is 14.0. The molecule has 0 bridgehead atoms. The average molecular weight is 262 g/mol. The van der Waals surface area contributed by atoms with Crippen molar-refractivity contribution in [2.75, 3.05) is 0 Å². The molecule has 0 atom stereocenters. The Kier molecular flexibility index (Phi) is 16.5. The summed E-state index contributed by atoms with van der Waals surface area (Å²) in [5, 5.41) is 0. The molecule has 0 aliphatic carbocycles. The Morgan fingerprint density at radius 1 is 0.632 bits per heavy atom. The summed E-state index contributed by atoms with van der Waals surface area (Å²) in [7, 11) is 0. The minimum atomic E-state index is 1.19. The van der Waals surface area contributed by atoms with Crippen LogP contribution >= 0.6 is 0 Å². The summed E-state index contributed by atoms with van der Waals surface area (Å²) in [6, 6.07) is 0. The van der Waals surface area contributed by atoms with Gasteiger partial charge in [-0.15, -0.1) is 0 Å². The highest BCUT2D eigenvalue weighted by molar-refractivity contribution is 4.96. The highest BCUT2D eigenvalue weighted by Gasteiger charge is 1.89. The van der Waals surface area contributed by atoms with Gasteiger partial charge >= 0.3 is 0 Å². The fourth-order valence-corrected chi connectivity index (χ4v) is 2.17. The number of unbranched alkanes of at least 4 members (excludes halogenated alkanes) is 10. The lowest BCUT2D eigenvalue weighted by Crippen LogP contribution is -1.79. The number of rotatable bonds is 14. The lowest BCUT2D eigenvalue weighted by Gasteiger charge is -1.99. The SMILES string of the molecule is C=CC=CCCCCC=CCCCCCCCCC. The Morgan fingerprint density at radius 2 is 1.11 bits per heavy atom. The van der Waals surface area contributed by atoms with Gasteiger partial charge in [-0.3, -0.25) is 0 Å².